The number of piperidine rings is 1. The molecule has 4 bridgehead atoms. The molecule has 4 aliphatic rings. The Labute approximate surface area is 344 Å². The van der Waals surface area contributed by atoms with E-state index in [1.54, 1.807) is 48.5 Å². The molecule has 4 atom stereocenters. The van der Waals surface area contributed by atoms with E-state index >= 15 is 0 Å². The number of hydrogen-bond donors (Lipinski definition) is 2. The zero-order chi connectivity index (χ0) is 37.0. The summed E-state index contributed by atoms with van der Waals surface area (Å²) in [4.78, 5) is 26.7. The molecule has 0 spiro atoms. The Morgan fingerprint density at radius 2 is 1.00 bits per heavy atom. The van der Waals surface area contributed by atoms with Gasteiger partial charge in [-0.2, -0.15) is 0 Å². The molecule has 55 heavy (non-hydrogen) atoms. The number of nitrogens with one attached hydrogen (secondary N) is 2. The third-order valence-corrected chi connectivity index (χ3v) is 11.0. The van der Waals surface area contributed by atoms with Crippen molar-refractivity contribution < 1.29 is 19.1 Å². The van der Waals surface area contributed by atoms with Crippen LogP contribution in [0.15, 0.2) is 97.1 Å². The molecular formula is C44H52BCl3N3O4. The van der Waals surface area contributed by atoms with Crippen molar-refractivity contribution >= 4 is 66.4 Å². The van der Waals surface area contributed by atoms with Crippen molar-refractivity contribution in [3.63, 3.8) is 0 Å². The minimum Gasteiger partial charge on any atom is -0.381 e. The standard InChI is InChI=1S/C21H23ClN2O2.C14H11Cl2NO.C8H14O.CH4.B/c22-19-5-3-18(4-6-19)21(25)23-20-7-1-15(2-8-20)10-24-11-16-9-17(12-24)14-26-13-16;15-9-10-1-7-13(8-2-10)17-14(18)11-3-5-12(16)6-4-11;1-2-7-4-8(3-1)6-9-5-7;;/h1-8,16-17H,9-14H2,(H,23,25);1-8H,9H2,(H,17,18);7-8H,1-6H2;1H4;/t16-,17-;;7-,8+;;/m0..../s1. The number of nitrogens with zero attached hydrogens (tertiary/aromatic N) is 1. The number of fused-ring (bicyclic) bond motifs is 4. The van der Waals surface area contributed by atoms with Gasteiger partial charge in [0.15, 0.2) is 0 Å². The van der Waals surface area contributed by atoms with Crippen molar-refractivity contribution in [2.75, 3.05) is 50.2 Å². The molecule has 1 aliphatic carbocycles. The predicted molar refractivity (Wildman–Crippen MR) is 228 cm³/mol. The van der Waals surface area contributed by atoms with Gasteiger partial charge in [-0.3, -0.25) is 14.5 Å². The van der Waals surface area contributed by atoms with E-state index in [0.717, 1.165) is 74.8 Å². The summed E-state index contributed by atoms with van der Waals surface area (Å²) in [6.07, 6.45) is 7.08. The van der Waals surface area contributed by atoms with Crippen LogP contribution in [-0.4, -0.2) is 64.6 Å². The first-order valence-corrected chi connectivity index (χ1v) is 19.8. The number of amides is 2. The molecule has 11 heteroatoms. The van der Waals surface area contributed by atoms with E-state index in [9.17, 15) is 9.59 Å². The fourth-order valence-electron chi connectivity index (χ4n) is 7.54. The number of carbonyl (C=O) groups is 2. The van der Waals surface area contributed by atoms with Gasteiger partial charge in [-0.15, -0.1) is 11.6 Å². The van der Waals surface area contributed by atoms with Crippen molar-refractivity contribution in [1.29, 1.82) is 0 Å². The van der Waals surface area contributed by atoms with Crippen LogP contribution in [-0.2, 0) is 21.9 Å². The third kappa shape index (κ3) is 14.0. The third-order valence-electron chi connectivity index (χ3n) is 10.2. The Bertz CT molecular complexity index is 1730. The Balaban J connectivity index is 0.000000201. The minimum atomic E-state index is -0.162. The van der Waals surface area contributed by atoms with Crippen LogP contribution in [0.4, 0.5) is 11.4 Å². The van der Waals surface area contributed by atoms with Gasteiger partial charge in [0, 0.05) is 79.7 Å². The van der Waals surface area contributed by atoms with Gasteiger partial charge >= 0.3 is 0 Å². The van der Waals surface area contributed by atoms with Gasteiger partial charge in [-0.25, -0.2) is 0 Å². The monoisotopic (exact) mass is 802 g/mol. The van der Waals surface area contributed by atoms with Gasteiger partial charge in [0.25, 0.3) is 11.8 Å². The molecule has 0 unspecified atom stereocenters. The summed E-state index contributed by atoms with van der Waals surface area (Å²) < 4.78 is 11.1. The maximum Gasteiger partial charge on any atom is 0.255 e. The predicted octanol–water partition coefficient (Wildman–Crippen LogP) is 10.5. The van der Waals surface area contributed by atoms with E-state index in [0.29, 0.717) is 38.9 Å². The van der Waals surface area contributed by atoms with Crippen LogP contribution in [0.1, 0.15) is 71.4 Å². The first kappa shape index (κ1) is 44.4. The quantitative estimate of drug-likeness (QED) is 0.144. The average molecular weight is 804 g/mol. The van der Waals surface area contributed by atoms with Crippen LogP contribution in [0.3, 0.4) is 0 Å². The molecular weight excluding hydrogens is 752 g/mol. The second-order valence-electron chi connectivity index (χ2n) is 14.6. The second-order valence-corrected chi connectivity index (χ2v) is 15.7. The fraction of sp³-hybridized carbons (Fsp3) is 0.409. The molecule has 4 fully saturated rings. The van der Waals surface area contributed by atoms with E-state index in [4.69, 9.17) is 44.3 Å². The number of carbonyl (C=O) groups excluding carboxylic acids is 2. The smallest absolute Gasteiger partial charge is 0.255 e. The topological polar surface area (TPSA) is 79.9 Å². The SMILES string of the molecule is C.C1C[C@@H]2COC[C@H](C1)C2.O=C(Nc1ccc(CCl)cc1)c1ccc(Cl)cc1.O=C(Nc1ccc(CN2C[C@H]3COC[C@@H](C3)C2)cc1)c1ccc(Cl)cc1.[B]. The lowest BCUT2D eigenvalue weighted by molar-refractivity contribution is -0.0425. The summed E-state index contributed by atoms with van der Waals surface area (Å²) in [7, 11) is 0. The van der Waals surface area contributed by atoms with Crippen LogP contribution < -0.4 is 10.6 Å². The zero-order valence-electron chi connectivity index (χ0n) is 30.5. The summed E-state index contributed by atoms with van der Waals surface area (Å²) in [6, 6.07) is 29.2. The molecule has 7 nitrogen and oxygen atoms in total. The molecule has 3 aliphatic heterocycles. The van der Waals surface area contributed by atoms with Crippen LogP contribution >= 0.6 is 34.8 Å². The summed E-state index contributed by atoms with van der Waals surface area (Å²) in [6.45, 7) is 7.11. The molecule has 0 aromatic heterocycles. The lowest BCUT2D eigenvalue weighted by atomic mass is 9.81. The van der Waals surface area contributed by atoms with Gasteiger partial charge in [0.05, 0.1) is 13.2 Å². The highest BCUT2D eigenvalue weighted by Crippen LogP contribution is 2.33. The summed E-state index contributed by atoms with van der Waals surface area (Å²) in [5.74, 6) is 3.39. The summed E-state index contributed by atoms with van der Waals surface area (Å²) >= 11 is 17.3. The number of rotatable bonds is 7. The van der Waals surface area contributed by atoms with E-state index in [2.05, 4.69) is 27.7 Å². The maximum absolute atomic E-state index is 12.3. The zero-order valence-corrected chi connectivity index (χ0v) is 32.8. The van der Waals surface area contributed by atoms with Crippen molar-refractivity contribution in [3.05, 3.63) is 129 Å². The number of anilines is 2. The molecule has 2 N–H and O–H groups in total. The van der Waals surface area contributed by atoms with Crippen molar-refractivity contribution in [3.8, 4) is 0 Å². The Hall–Kier alpha value is -3.37. The minimum absolute atomic E-state index is 0. The number of alkyl halides is 1. The van der Waals surface area contributed by atoms with Crippen LogP contribution in [0.5, 0.6) is 0 Å². The van der Waals surface area contributed by atoms with Gasteiger partial charge in [0.2, 0.25) is 0 Å². The maximum atomic E-state index is 12.3. The van der Waals surface area contributed by atoms with E-state index in [-0.39, 0.29) is 27.7 Å². The highest BCUT2D eigenvalue weighted by atomic mass is 35.5. The summed E-state index contributed by atoms with van der Waals surface area (Å²) in [5.41, 5.74) is 5.00. The Kier molecular flexibility index (Phi) is 18.1. The Morgan fingerprint density at radius 1 is 0.600 bits per heavy atom. The molecule has 291 valence electrons. The number of likely N-dealkylation sites (tertiary alicyclic amines) is 1. The molecule has 2 amide bonds. The second kappa shape index (κ2) is 22.4. The van der Waals surface area contributed by atoms with Gasteiger partial charge in [-0.05, 0) is 133 Å². The molecule has 3 heterocycles. The number of ether oxygens (including phenoxy) is 2. The van der Waals surface area contributed by atoms with Crippen molar-refractivity contribution in [2.24, 2.45) is 23.7 Å². The fourth-order valence-corrected chi connectivity index (χ4v) is 7.97. The van der Waals surface area contributed by atoms with Gasteiger partial charge in [0.1, 0.15) is 0 Å². The van der Waals surface area contributed by atoms with Gasteiger partial charge < -0.3 is 20.1 Å². The Morgan fingerprint density at radius 3 is 1.42 bits per heavy atom. The van der Waals surface area contributed by atoms with Crippen LogP contribution in [0.25, 0.3) is 0 Å². The lowest BCUT2D eigenvalue weighted by Gasteiger charge is -2.41. The normalized spacial score (nSPS) is 21.1. The van der Waals surface area contributed by atoms with Crippen molar-refractivity contribution in [2.45, 2.75) is 52.0 Å². The highest BCUT2D eigenvalue weighted by Gasteiger charge is 2.31. The molecule has 4 aromatic rings. The molecule has 4 aromatic carbocycles. The van der Waals surface area contributed by atoms with E-state index < -0.39 is 0 Å². The average Bonchev–Trinajstić information content (AvgIpc) is 3.17. The number of benzene rings is 4. The first-order valence-electron chi connectivity index (χ1n) is 18.5. The molecule has 3 saturated heterocycles. The summed E-state index contributed by atoms with van der Waals surface area (Å²) in [5, 5.41) is 6.97. The number of halogens is 3. The van der Waals surface area contributed by atoms with E-state index in [1.807, 2.05) is 36.4 Å². The molecule has 1 saturated carbocycles. The molecule has 3 radical (unpaired) electrons. The van der Waals surface area contributed by atoms with Gasteiger partial charge in [-0.1, -0.05) is 61.3 Å². The van der Waals surface area contributed by atoms with Crippen LogP contribution in [0.2, 0.25) is 10.0 Å². The van der Waals surface area contributed by atoms with Crippen LogP contribution in [0, 0.1) is 23.7 Å². The lowest BCUT2D eigenvalue weighted by Crippen LogP contribution is -2.46. The molecule has 8 rings (SSSR count). The van der Waals surface area contributed by atoms with Crippen molar-refractivity contribution in [1.82, 2.24) is 4.90 Å². The highest BCUT2D eigenvalue weighted by molar-refractivity contribution is 6.31. The largest absolute Gasteiger partial charge is 0.381 e. The first-order chi connectivity index (χ1) is 25.8. The van der Waals surface area contributed by atoms with E-state index in [1.165, 1.54) is 37.7 Å². The number of hydrogen-bond acceptors (Lipinski definition) is 5.